The van der Waals surface area contributed by atoms with E-state index in [0.717, 1.165) is 12.1 Å². The van der Waals surface area contributed by atoms with Crippen LogP contribution in [-0.4, -0.2) is 39.3 Å². The van der Waals surface area contributed by atoms with Gasteiger partial charge in [0.25, 0.3) is 5.56 Å². The largest absolute Gasteiger partial charge is 0.485 e. The lowest BCUT2D eigenvalue weighted by Crippen LogP contribution is -2.23. The Morgan fingerprint density at radius 2 is 1.78 bits per heavy atom. The molecule has 3 rings (SSSR count). The van der Waals surface area contributed by atoms with Crippen molar-refractivity contribution in [2.24, 2.45) is 5.92 Å². The summed E-state index contributed by atoms with van der Waals surface area (Å²) in [5.41, 5.74) is 0.992. The smallest absolute Gasteiger partial charge is 0.277 e. The normalized spacial score (nSPS) is 10.9. The number of halogens is 3. The van der Waals surface area contributed by atoms with Gasteiger partial charge in [-0.1, -0.05) is 32.4 Å². The Morgan fingerprint density at radius 3 is 2.38 bits per heavy atom. The standard InChI is InChI=1S/C23H21ClF2N4O3.C4H10/c1-13-10-27-17(20(31)5-6-29(3)4)9-19(13)30-14(2)7-21(22(24)23(30)32)33-12-18-16(26)8-15(25)11-28-18;1-4(2)3/h5-11H,12H2,1-4H3;4H,1-3H3/b6-5+;. The summed E-state index contributed by atoms with van der Waals surface area (Å²) < 4.78 is 33.7. The summed E-state index contributed by atoms with van der Waals surface area (Å²) in [6.45, 7) is 9.56. The molecule has 3 aromatic rings. The lowest BCUT2D eigenvalue weighted by molar-refractivity contribution is 0.104. The van der Waals surface area contributed by atoms with Gasteiger partial charge in [-0.05, 0) is 31.4 Å². The Balaban J connectivity index is 0.00000112. The fourth-order valence-corrected chi connectivity index (χ4v) is 3.17. The average molecular weight is 533 g/mol. The molecule has 0 aromatic carbocycles. The first-order chi connectivity index (χ1) is 17.3. The number of carbonyl (C=O) groups excluding carboxylic acids is 1. The number of hydrogen-bond acceptors (Lipinski definition) is 6. The highest BCUT2D eigenvalue weighted by molar-refractivity contribution is 6.31. The van der Waals surface area contributed by atoms with Crippen molar-refractivity contribution in [1.82, 2.24) is 19.4 Å². The van der Waals surface area contributed by atoms with E-state index in [9.17, 15) is 18.4 Å². The number of ether oxygens (including phenoxy) is 1. The first-order valence-electron chi connectivity index (χ1n) is 11.5. The summed E-state index contributed by atoms with van der Waals surface area (Å²) in [6.07, 6.45) is 5.34. The first kappa shape index (κ1) is 29.6. The third kappa shape index (κ3) is 8.21. The minimum Gasteiger partial charge on any atom is -0.485 e. The number of pyridine rings is 3. The second-order valence-electron chi connectivity index (χ2n) is 9.21. The van der Waals surface area contributed by atoms with E-state index in [-0.39, 0.29) is 34.6 Å². The maximum Gasteiger partial charge on any atom is 0.277 e. The molecule has 0 fully saturated rings. The molecule has 0 unspecified atom stereocenters. The molecule has 0 aliphatic carbocycles. The van der Waals surface area contributed by atoms with Crippen molar-refractivity contribution < 1.29 is 18.3 Å². The minimum atomic E-state index is -0.871. The second kappa shape index (κ2) is 13.1. The highest BCUT2D eigenvalue weighted by atomic mass is 35.5. The van der Waals surface area contributed by atoms with E-state index in [4.69, 9.17) is 16.3 Å². The number of allylic oxidation sites excluding steroid dienone is 1. The van der Waals surface area contributed by atoms with E-state index in [1.165, 1.54) is 29.0 Å². The number of rotatable bonds is 7. The van der Waals surface area contributed by atoms with Gasteiger partial charge in [0.1, 0.15) is 34.6 Å². The molecule has 0 amide bonds. The van der Waals surface area contributed by atoms with Crippen molar-refractivity contribution in [3.63, 3.8) is 0 Å². The maximum absolute atomic E-state index is 13.8. The van der Waals surface area contributed by atoms with Gasteiger partial charge in [0.15, 0.2) is 5.82 Å². The predicted molar refractivity (Wildman–Crippen MR) is 140 cm³/mol. The summed E-state index contributed by atoms with van der Waals surface area (Å²) in [4.78, 5) is 35.0. The molecule has 10 heteroatoms. The van der Waals surface area contributed by atoms with E-state index < -0.39 is 17.2 Å². The maximum atomic E-state index is 13.8. The Labute approximate surface area is 220 Å². The lowest BCUT2D eigenvalue weighted by Gasteiger charge is -2.16. The van der Waals surface area contributed by atoms with Crippen LogP contribution in [0.25, 0.3) is 5.69 Å². The SMILES string of the molecule is CC(C)C.Cc1cnc(C(=O)/C=C/N(C)C)cc1-n1c(C)cc(OCc2ncc(F)cc2F)c(Cl)c1=O. The molecule has 7 nitrogen and oxygen atoms in total. The summed E-state index contributed by atoms with van der Waals surface area (Å²) in [5.74, 6) is -1.15. The number of hydrogen-bond donors (Lipinski definition) is 0. The van der Waals surface area contributed by atoms with Crippen LogP contribution in [0.1, 0.15) is 48.2 Å². The molecule has 0 N–H and O–H groups in total. The van der Waals surface area contributed by atoms with E-state index in [2.05, 4.69) is 30.7 Å². The molecule has 3 aromatic heterocycles. The summed E-state index contributed by atoms with van der Waals surface area (Å²) in [7, 11) is 3.57. The fourth-order valence-electron chi connectivity index (χ4n) is 2.97. The minimum absolute atomic E-state index is 0.0258. The number of aryl methyl sites for hydroxylation is 2. The molecule has 37 heavy (non-hydrogen) atoms. The first-order valence-corrected chi connectivity index (χ1v) is 11.9. The van der Waals surface area contributed by atoms with Crippen LogP contribution < -0.4 is 10.3 Å². The molecule has 0 bridgehead atoms. The van der Waals surface area contributed by atoms with E-state index in [0.29, 0.717) is 23.0 Å². The Hall–Kier alpha value is -3.59. The molecule has 0 spiro atoms. The summed E-state index contributed by atoms with van der Waals surface area (Å²) in [6, 6.07) is 3.72. The van der Waals surface area contributed by atoms with Gasteiger partial charge in [0.2, 0.25) is 5.78 Å². The lowest BCUT2D eigenvalue weighted by atomic mass is 10.1. The van der Waals surface area contributed by atoms with Gasteiger partial charge in [-0.15, -0.1) is 0 Å². The highest BCUT2D eigenvalue weighted by Crippen LogP contribution is 2.26. The zero-order valence-electron chi connectivity index (χ0n) is 22.0. The zero-order valence-corrected chi connectivity index (χ0v) is 22.7. The van der Waals surface area contributed by atoms with E-state index in [1.54, 1.807) is 39.0 Å². The summed E-state index contributed by atoms with van der Waals surface area (Å²) in [5, 5.41) is -0.236. The van der Waals surface area contributed by atoms with Gasteiger partial charge < -0.3 is 9.64 Å². The fraction of sp³-hybridized carbons (Fsp3) is 0.333. The van der Waals surface area contributed by atoms with Gasteiger partial charge in [-0.2, -0.15) is 0 Å². The molecular formula is C27H31ClF2N4O3. The van der Waals surface area contributed by atoms with Crippen LogP contribution in [-0.2, 0) is 6.61 Å². The number of carbonyl (C=O) groups is 1. The zero-order chi connectivity index (χ0) is 27.9. The second-order valence-corrected chi connectivity index (χ2v) is 9.58. The van der Waals surface area contributed by atoms with Crippen molar-refractivity contribution in [3.8, 4) is 11.4 Å². The average Bonchev–Trinajstić information content (AvgIpc) is 2.80. The van der Waals surface area contributed by atoms with Gasteiger partial charge in [-0.3, -0.25) is 24.1 Å². The highest BCUT2D eigenvalue weighted by Gasteiger charge is 2.18. The van der Waals surface area contributed by atoms with Crippen LogP contribution in [0, 0.1) is 31.4 Å². The van der Waals surface area contributed by atoms with Crippen molar-refractivity contribution in [2.45, 2.75) is 41.2 Å². The van der Waals surface area contributed by atoms with Crippen LogP contribution in [0.15, 0.2) is 47.7 Å². The van der Waals surface area contributed by atoms with Crippen LogP contribution in [0.2, 0.25) is 5.02 Å². The third-order valence-electron chi connectivity index (χ3n) is 4.64. The Morgan fingerprint density at radius 1 is 1.14 bits per heavy atom. The molecule has 0 saturated heterocycles. The van der Waals surface area contributed by atoms with Crippen molar-refractivity contribution in [3.05, 3.63) is 92.5 Å². The molecule has 0 saturated carbocycles. The number of aromatic nitrogens is 3. The topological polar surface area (TPSA) is 77.3 Å². The van der Waals surface area contributed by atoms with Crippen LogP contribution in [0.5, 0.6) is 5.75 Å². The van der Waals surface area contributed by atoms with Crippen LogP contribution in [0.4, 0.5) is 8.78 Å². The molecule has 3 heterocycles. The van der Waals surface area contributed by atoms with Gasteiger partial charge in [0, 0.05) is 50.4 Å². The van der Waals surface area contributed by atoms with Crippen LogP contribution in [0.3, 0.4) is 0 Å². The van der Waals surface area contributed by atoms with E-state index >= 15 is 0 Å². The van der Waals surface area contributed by atoms with Gasteiger partial charge in [0.05, 0.1) is 11.9 Å². The molecular weight excluding hydrogens is 502 g/mol. The van der Waals surface area contributed by atoms with E-state index in [1.807, 2.05) is 0 Å². The molecule has 0 aliphatic rings. The Kier molecular flexibility index (Phi) is 10.5. The van der Waals surface area contributed by atoms with Gasteiger partial charge in [-0.25, -0.2) is 8.78 Å². The van der Waals surface area contributed by atoms with Crippen molar-refractivity contribution >= 4 is 17.4 Å². The van der Waals surface area contributed by atoms with Gasteiger partial charge >= 0.3 is 0 Å². The van der Waals surface area contributed by atoms with Crippen molar-refractivity contribution in [2.75, 3.05) is 14.1 Å². The molecule has 0 radical (unpaired) electrons. The molecule has 0 atom stereocenters. The van der Waals surface area contributed by atoms with Crippen LogP contribution >= 0.6 is 11.6 Å². The monoisotopic (exact) mass is 532 g/mol. The quantitative estimate of drug-likeness (QED) is 0.288. The number of nitrogens with zero attached hydrogens (tertiary/aromatic N) is 4. The number of ketones is 1. The van der Waals surface area contributed by atoms with Crippen molar-refractivity contribution in [1.29, 1.82) is 0 Å². The predicted octanol–water partition coefficient (Wildman–Crippen LogP) is 5.68. The molecule has 0 aliphatic heterocycles. The third-order valence-corrected chi connectivity index (χ3v) is 4.99. The Bertz CT molecular complexity index is 1350. The molecule has 198 valence electrons. The summed E-state index contributed by atoms with van der Waals surface area (Å²) >= 11 is 6.26.